The van der Waals surface area contributed by atoms with Crippen molar-refractivity contribution in [3.05, 3.63) is 29.2 Å². The average Bonchev–Trinajstić information content (AvgIpc) is 2.64. The minimum absolute atomic E-state index is 0.462. The first-order valence-electron chi connectivity index (χ1n) is 8.36. The molecule has 0 aliphatic heterocycles. The molecule has 0 bridgehead atoms. The van der Waals surface area contributed by atoms with Crippen LogP contribution >= 0.6 is 24.0 Å². The number of hydrogen-bond acceptors (Lipinski definition) is 6. The number of hydrogen-bond donors (Lipinski definition) is 0. The molecule has 0 fully saturated rings. The third-order valence-corrected chi connectivity index (χ3v) is 4.78. The molecule has 8 heteroatoms. The van der Waals surface area contributed by atoms with E-state index in [1.165, 1.54) is 0 Å². The van der Waals surface area contributed by atoms with Crippen LogP contribution in [0.25, 0.3) is 4.98 Å². The summed E-state index contributed by atoms with van der Waals surface area (Å²) < 4.78 is 17.4. The molecule has 1 aromatic rings. The molecular formula is C17H26N3O3S2+. The normalized spacial score (nSPS) is 10.3. The molecule has 0 unspecified atom stereocenters. The van der Waals surface area contributed by atoms with Crippen LogP contribution in [-0.2, 0) is 9.47 Å². The first-order chi connectivity index (χ1) is 12.2. The van der Waals surface area contributed by atoms with Gasteiger partial charge in [-0.25, -0.2) is 0 Å². The van der Waals surface area contributed by atoms with Crippen LogP contribution in [0.15, 0.2) is 24.3 Å². The van der Waals surface area contributed by atoms with Gasteiger partial charge in [0, 0.05) is 31.0 Å². The molecule has 1 aromatic carbocycles. The van der Waals surface area contributed by atoms with Gasteiger partial charge in [0.15, 0.2) is 4.98 Å². The standard InChI is InChI=1S/C17H26N3O3S2/c1-3-20(4-2)17(24)25-14-13-22-10-9-21-11-12-23-16-7-5-15(19-18)6-8-16/h5-8H,3-4,9-14H2,1-2H3/q+1. The number of nitrogens with zero attached hydrogens (tertiary/aromatic N) is 3. The van der Waals surface area contributed by atoms with E-state index >= 15 is 0 Å². The van der Waals surface area contributed by atoms with Crippen molar-refractivity contribution >= 4 is 34.0 Å². The fraction of sp³-hybridized carbons (Fsp3) is 0.588. The van der Waals surface area contributed by atoms with E-state index in [1.54, 1.807) is 36.0 Å². The molecular weight excluding hydrogens is 358 g/mol. The third kappa shape index (κ3) is 9.60. The van der Waals surface area contributed by atoms with Crippen LogP contribution < -0.4 is 4.74 Å². The molecule has 25 heavy (non-hydrogen) atoms. The Hall–Kier alpha value is -1.40. The zero-order valence-corrected chi connectivity index (χ0v) is 16.5. The van der Waals surface area contributed by atoms with Gasteiger partial charge in [-0.15, -0.1) is 0 Å². The van der Waals surface area contributed by atoms with Gasteiger partial charge in [0.05, 0.1) is 26.4 Å². The lowest BCUT2D eigenvalue weighted by Crippen LogP contribution is -2.27. The topological polar surface area (TPSA) is 59.1 Å². The molecule has 0 aromatic heterocycles. The summed E-state index contributed by atoms with van der Waals surface area (Å²) in [6.45, 7) is 8.82. The second-order valence-corrected chi connectivity index (χ2v) is 6.68. The second kappa shape index (κ2) is 13.8. The van der Waals surface area contributed by atoms with E-state index in [0.717, 1.165) is 23.2 Å². The van der Waals surface area contributed by atoms with Crippen molar-refractivity contribution in [2.75, 3.05) is 51.9 Å². The van der Waals surface area contributed by atoms with Crippen LogP contribution in [0, 0.1) is 5.39 Å². The highest BCUT2D eigenvalue weighted by Crippen LogP contribution is 2.17. The van der Waals surface area contributed by atoms with Gasteiger partial charge in [-0.2, -0.15) is 0 Å². The van der Waals surface area contributed by atoms with E-state index in [2.05, 4.69) is 23.7 Å². The zero-order chi connectivity index (χ0) is 18.3. The fourth-order valence-corrected chi connectivity index (χ4v) is 3.24. The molecule has 1 rings (SSSR count). The van der Waals surface area contributed by atoms with Crippen molar-refractivity contribution < 1.29 is 14.2 Å². The van der Waals surface area contributed by atoms with Gasteiger partial charge in [-0.3, -0.25) is 0 Å². The summed E-state index contributed by atoms with van der Waals surface area (Å²) in [4.78, 5) is 5.25. The lowest BCUT2D eigenvalue weighted by Gasteiger charge is -2.20. The molecule has 0 spiro atoms. The van der Waals surface area contributed by atoms with E-state index in [4.69, 9.17) is 31.8 Å². The van der Waals surface area contributed by atoms with Crippen LogP contribution in [0.5, 0.6) is 5.75 Å². The Labute approximate surface area is 159 Å². The maximum atomic E-state index is 8.60. The smallest absolute Gasteiger partial charge is 0.385 e. The maximum absolute atomic E-state index is 8.60. The molecule has 138 valence electrons. The van der Waals surface area contributed by atoms with E-state index in [0.29, 0.717) is 44.5 Å². The van der Waals surface area contributed by atoms with Crippen LogP contribution in [0.1, 0.15) is 13.8 Å². The Bertz CT molecular complexity index is 531. The predicted octanol–water partition coefficient (Wildman–Crippen LogP) is 3.94. The summed E-state index contributed by atoms with van der Waals surface area (Å²) in [5, 5.41) is 8.60. The predicted molar refractivity (Wildman–Crippen MR) is 106 cm³/mol. The highest BCUT2D eigenvalue weighted by Gasteiger charge is 2.05. The van der Waals surface area contributed by atoms with Crippen LogP contribution in [-0.4, -0.2) is 61.1 Å². The maximum Gasteiger partial charge on any atom is 0.385 e. The number of rotatable bonds is 12. The van der Waals surface area contributed by atoms with Crippen molar-refractivity contribution in [3.8, 4) is 5.75 Å². The number of thiocarbonyl (C=S) groups is 1. The van der Waals surface area contributed by atoms with Crippen molar-refractivity contribution in [3.63, 3.8) is 0 Å². The quantitative estimate of drug-likeness (QED) is 0.307. The van der Waals surface area contributed by atoms with Gasteiger partial charge >= 0.3 is 5.69 Å². The molecule has 0 aliphatic rings. The molecule has 0 radical (unpaired) electrons. The largest absolute Gasteiger partial charge is 0.491 e. The number of benzene rings is 1. The summed E-state index contributed by atoms with van der Waals surface area (Å²) in [5.74, 6) is 1.57. The monoisotopic (exact) mass is 384 g/mol. The van der Waals surface area contributed by atoms with Crippen LogP contribution in [0.2, 0.25) is 0 Å². The van der Waals surface area contributed by atoms with Gasteiger partial charge in [-0.05, 0) is 26.0 Å². The molecule has 6 nitrogen and oxygen atoms in total. The fourth-order valence-electron chi connectivity index (χ4n) is 1.91. The molecule has 0 aliphatic carbocycles. The van der Waals surface area contributed by atoms with E-state index in [-0.39, 0.29) is 0 Å². The van der Waals surface area contributed by atoms with Crippen LogP contribution in [0.3, 0.4) is 0 Å². The Balaban J connectivity index is 1.93. The van der Waals surface area contributed by atoms with E-state index < -0.39 is 0 Å². The highest BCUT2D eigenvalue weighted by atomic mass is 32.2. The minimum atomic E-state index is 0.462. The van der Waals surface area contributed by atoms with Gasteiger partial charge in [0.1, 0.15) is 16.7 Å². The Morgan fingerprint density at radius 3 is 2.24 bits per heavy atom. The molecule has 0 heterocycles. The summed E-state index contributed by atoms with van der Waals surface area (Å²) in [7, 11) is 0. The second-order valence-electron chi connectivity index (χ2n) is 4.95. The highest BCUT2D eigenvalue weighted by molar-refractivity contribution is 8.22. The average molecular weight is 385 g/mol. The van der Waals surface area contributed by atoms with Gasteiger partial charge < -0.3 is 19.1 Å². The molecule has 0 atom stereocenters. The Morgan fingerprint density at radius 1 is 1.04 bits per heavy atom. The summed E-state index contributed by atoms with van der Waals surface area (Å²) >= 11 is 7.01. The van der Waals surface area contributed by atoms with Gasteiger partial charge in [0.25, 0.3) is 0 Å². The number of ether oxygens (including phenoxy) is 3. The summed E-state index contributed by atoms with van der Waals surface area (Å²) in [5.41, 5.74) is 0.497. The third-order valence-electron chi connectivity index (χ3n) is 3.30. The molecule has 0 N–H and O–H groups in total. The lowest BCUT2D eigenvalue weighted by molar-refractivity contribution is 0.0413. The van der Waals surface area contributed by atoms with Crippen molar-refractivity contribution in [2.45, 2.75) is 13.8 Å². The van der Waals surface area contributed by atoms with Gasteiger partial charge in [-0.1, -0.05) is 24.0 Å². The lowest BCUT2D eigenvalue weighted by atomic mass is 10.3. The minimum Gasteiger partial charge on any atom is -0.491 e. The number of diazo groups is 1. The van der Waals surface area contributed by atoms with Crippen molar-refractivity contribution in [1.29, 1.82) is 5.39 Å². The molecule has 0 saturated carbocycles. The first-order valence-corrected chi connectivity index (χ1v) is 9.75. The van der Waals surface area contributed by atoms with Crippen LogP contribution in [0.4, 0.5) is 5.69 Å². The SMILES string of the molecule is CCN(CC)C(=S)SCCOCCOCCOc1ccc([N+]#N)cc1. The van der Waals surface area contributed by atoms with Crippen molar-refractivity contribution in [1.82, 2.24) is 4.90 Å². The molecule has 0 saturated heterocycles. The number of thioether (sulfide) groups is 1. The Morgan fingerprint density at radius 2 is 1.64 bits per heavy atom. The summed E-state index contributed by atoms with van der Waals surface area (Å²) in [6, 6.07) is 6.85. The molecule has 0 amide bonds. The Kier molecular flexibility index (Phi) is 12.0. The van der Waals surface area contributed by atoms with E-state index in [1.807, 2.05) is 0 Å². The first kappa shape index (κ1) is 21.6. The van der Waals surface area contributed by atoms with Gasteiger partial charge in [0.2, 0.25) is 5.39 Å². The zero-order valence-electron chi connectivity index (χ0n) is 14.8. The van der Waals surface area contributed by atoms with E-state index in [9.17, 15) is 0 Å². The van der Waals surface area contributed by atoms with Crippen molar-refractivity contribution in [2.24, 2.45) is 0 Å². The summed E-state index contributed by atoms with van der Waals surface area (Å²) in [6.07, 6.45) is 0.